The summed E-state index contributed by atoms with van der Waals surface area (Å²) in [7, 11) is 5.25. The number of ether oxygens (including phenoxy) is 2. The van der Waals surface area contributed by atoms with Gasteiger partial charge < -0.3 is 20.1 Å². The zero-order valence-electron chi connectivity index (χ0n) is 10.4. The maximum atomic E-state index is 11.4. The van der Waals surface area contributed by atoms with Gasteiger partial charge in [-0.15, -0.1) is 0 Å². The molecule has 0 unspecified atom stereocenters. The van der Waals surface area contributed by atoms with Crippen molar-refractivity contribution in [1.82, 2.24) is 4.90 Å². The van der Waals surface area contributed by atoms with E-state index >= 15 is 0 Å². The predicted octanol–water partition coefficient (Wildman–Crippen LogP) is 0.996. The molecular weight excluding hydrogens is 220 g/mol. The lowest BCUT2D eigenvalue weighted by atomic mass is 10.2. The summed E-state index contributed by atoms with van der Waals surface area (Å²) in [4.78, 5) is 13.4. The summed E-state index contributed by atoms with van der Waals surface area (Å²) in [5, 5.41) is 0. The van der Waals surface area contributed by atoms with Crippen molar-refractivity contribution in [1.29, 1.82) is 0 Å². The fraction of sp³-hybridized carbons (Fsp3) is 0.417. The molecule has 1 aromatic carbocycles. The number of hydrogen-bond donors (Lipinski definition) is 1. The highest BCUT2D eigenvalue weighted by atomic mass is 16.5. The van der Waals surface area contributed by atoms with E-state index < -0.39 is 5.97 Å². The summed E-state index contributed by atoms with van der Waals surface area (Å²) < 4.78 is 10.1. The van der Waals surface area contributed by atoms with Crippen LogP contribution in [0.25, 0.3) is 0 Å². The fourth-order valence-corrected chi connectivity index (χ4v) is 1.26. The van der Waals surface area contributed by atoms with Gasteiger partial charge in [-0.3, -0.25) is 0 Å². The molecule has 1 rings (SSSR count). The van der Waals surface area contributed by atoms with Crippen molar-refractivity contribution in [2.45, 2.75) is 0 Å². The third-order valence-electron chi connectivity index (χ3n) is 2.24. The Balaban J connectivity index is 2.71. The zero-order valence-corrected chi connectivity index (χ0v) is 10.4. The van der Waals surface area contributed by atoms with Crippen LogP contribution in [-0.2, 0) is 4.74 Å². The first kappa shape index (κ1) is 13.3. The van der Waals surface area contributed by atoms with Crippen molar-refractivity contribution < 1.29 is 14.3 Å². The molecule has 0 spiro atoms. The molecule has 0 bridgehead atoms. The summed E-state index contributed by atoms with van der Waals surface area (Å²) in [5.74, 6) is 0.155. The molecule has 0 aliphatic heterocycles. The van der Waals surface area contributed by atoms with Gasteiger partial charge in [0, 0.05) is 12.2 Å². The lowest BCUT2D eigenvalue weighted by Crippen LogP contribution is -2.19. The monoisotopic (exact) mass is 238 g/mol. The number of anilines is 1. The second-order valence-corrected chi connectivity index (χ2v) is 3.89. The van der Waals surface area contributed by atoms with Crippen LogP contribution in [0.2, 0.25) is 0 Å². The van der Waals surface area contributed by atoms with Crippen molar-refractivity contribution >= 4 is 11.7 Å². The number of esters is 1. The molecule has 0 aliphatic carbocycles. The number of likely N-dealkylation sites (N-methyl/N-ethyl adjacent to an activating group) is 1. The number of benzene rings is 1. The van der Waals surface area contributed by atoms with Gasteiger partial charge in [-0.2, -0.15) is 0 Å². The molecule has 94 valence electrons. The summed E-state index contributed by atoms with van der Waals surface area (Å²) in [6.07, 6.45) is 0. The van der Waals surface area contributed by atoms with E-state index in [0.29, 0.717) is 23.6 Å². The van der Waals surface area contributed by atoms with E-state index in [1.165, 1.54) is 7.11 Å². The van der Waals surface area contributed by atoms with Gasteiger partial charge in [0.1, 0.15) is 12.4 Å². The van der Waals surface area contributed by atoms with Crippen molar-refractivity contribution in [2.75, 3.05) is 40.1 Å². The number of nitrogens with zero attached hydrogens (tertiary/aromatic N) is 1. The first-order valence-electron chi connectivity index (χ1n) is 5.30. The van der Waals surface area contributed by atoms with E-state index in [0.717, 1.165) is 6.54 Å². The molecule has 5 nitrogen and oxygen atoms in total. The second kappa shape index (κ2) is 6.10. The Hall–Kier alpha value is -1.75. The summed E-state index contributed by atoms with van der Waals surface area (Å²) >= 11 is 0. The number of hydrogen-bond acceptors (Lipinski definition) is 5. The maximum absolute atomic E-state index is 11.4. The second-order valence-electron chi connectivity index (χ2n) is 3.89. The van der Waals surface area contributed by atoms with Crippen LogP contribution >= 0.6 is 0 Å². The molecule has 1 aromatic rings. The number of rotatable bonds is 5. The molecule has 5 heteroatoms. The molecular formula is C12H18N2O3. The smallest absolute Gasteiger partial charge is 0.340 e. The number of carbonyl (C=O) groups is 1. The molecule has 0 saturated heterocycles. The van der Waals surface area contributed by atoms with Crippen LogP contribution in [0.1, 0.15) is 10.4 Å². The van der Waals surface area contributed by atoms with Crippen LogP contribution in [0, 0.1) is 0 Å². The van der Waals surface area contributed by atoms with Gasteiger partial charge in [0.2, 0.25) is 0 Å². The van der Waals surface area contributed by atoms with Crippen LogP contribution in [0.15, 0.2) is 18.2 Å². The van der Waals surface area contributed by atoms with Gasteiger partial charge in [0.15, 0.2) is 0 Å². The van der Waals surface area contributed by atoms with E-state index in [1.807, 2.05) is 19.0 Å². The number of nitrogens with two attached hydrogens (primary N) is 1. The van der Waals surface area contributed by atoms with Crippen molar-refractivity contribution in [3.63, 3.8) is 0 Å². The standard InChI is InChI=1S/C12H18N2O3/c1-14(2)6-7-17-9-4-5-11(13)10(8-9)12(15)16-3/h4-5,8H,6-7,13H2,1-3H3. The maximum Gasteiger partial charge on any atom is 0.340 e. The third-order valence-corrected chi connectivity index (χ3v) is 2.24. The van der Waals surface area contributed by atoms with E-state index in [4.69, 9.17) is 10.5 Å². The predicted molar refractivity (Wildman–Crippen MR) is 66.2 cm³/mol. The van der Waals surface area contributed by atoms with Gasteiger partial charge in [-0.25, -0.2) is 4.79 Å². The first-order valence-corrected chi connectivity index (χ1v) is 5.30. The molecule has 0 heterocycles. The Morgan fingerprint density at radius 3 is 2.71 bits per heavy atom. The van der Waals surface area contributed by atoms with E-state index in [9.17, 15) is 4.79 Å². The summed E-state index contributed by atoms with van der Waals surface area (Å²) in [6, 6.07) is 4.96. The zero-order chi connectivity index (χ0) is 12.8. The van der Waals surface area contributed by atoms with Crippen molar-refractivity contribution in [3.05, 3.63) is 23.8 Å². The molecule has 2 N–H and O–H groups in total. The SMILES string of the molecule is COC(=O)c1cc(OCCN(C)C)ccc1N. The number of carbonyl (C=O) groups excluding carboxylic acids is 1. The van der Waals surface area contributed by atoms with Crippen molar-refractivity contribution in [3.8, 4) is 5.75 Å². The third kappa shape index (κ3) is 3.96. The minimum atomic E-state index is -0.458. The number of nitrogen functional groups attached to an aromatic ring is 1. The van der Waals surface area contributed by atoms with Gasteiger partial charge in [0.05, 0.1) is 12.7 Å². The minimum Gasteiger partial charge on any atom is -0.492 e. The molecule has 0 radical (unpaired) electrons. The molecule has 17 heavy (non-hydrogen) atoms. The minimum absolute atomic E-state index is 0.329. The van der Waals surface area contributed by atoms with E-state index in [1.54, 1.807) is 18.2 Å². The summed E-state index contributed by atoms with van der Waals surface area (Å²) in [5.41, 5.74) is 6.39. The largest absolute Gasteiger partial charge is 0.492 e. The molecule has 0 amide bonds. The van der Waals surface area contributed by atoms with Crippen LogP contribution in [-0.4, -0.2) is 45.2 Å². The van der Waals surface area contributed by atoms with E-state index in [2.05, 4.69) is 4.74 Å². The van der Waals surface area contributed by atoms with Gasteiger partial charge in [-0.1, -0.05) is 0 Å². The molecule has 0 fully saturated rings. The van der Waals surface area contributed by atoms with E-state index in [-0.39, 0.29) is 0 Å². The normalized spacial score (nSPS) is 10.4. The Kier molecular flexibility index (Phi) is 4.78. The highest BCUT2D eigenvalue weighted by Crippen LogP contribution is 2.20. The molecule has 0 saturated carbocycles. The van der Waals surface area contributed by atoms with Gasteiger partial charge in [-0.05, 0) is 32.3 Å². The molecule has 0 atom stereocenters. The number of methoxy groups -OCH3 is 1. The molecule has 0 aliphatic rings. The van der Waals surface area contributed by atoms with Gasteiger partial charge in [0.25, 0.3) is 0 Å². The van der Waals surface area contributed by atoms with Crippen molar-refractivity contribution in [2.24, 2.45) is 0 Å². The molecule has 0 aromatic heterocycles. The van der Waals surface area contributed by atoms with Crippen LogP contribution in [0.5, 0.6) is 5.75 Å². The van der Waals surface area contributed by atoms with Crippen LogP contribution < -0.4 is 10.5 Å². The Morgan fingerprint density at radius 2 is 2.12 bits per heavy atom. The Bertz CT molecular complexity index is 391. The quantitative estimate of drug-likeness (QED) is 0.612. The lowest BCUT2D eigenvalue weighted by molar-refractivity contribution is 0.0601. The Morgan fingerprint density at radius 1 is 1.41 bits per heavy atom. The highest BCUT2D eigenvalue weighted by Gasteiger charge is 2.11. The van der Waals surface area contributed by atoms with Crippen LogP contribution in [0.3, 0.4) is 0 Å². The fourth-order valence-electron chi connectivity index (χ4n) is 1.26. The van der Waals surface area contributed by atoms with Gasteiger partial charge >= 0.3 is 5.97 Å². The average Bonchev–Trinajstić information content (AvgIpc) is 2.30. The lowest BCUT2D eigenvalue weighted by Gasteiger charge is -2.12. The highest BCUT2D eigenvalue weighted by molar-refractivity contribution is 5.95. The average molecular weight is 238 g/mol. The summed E-state index contributed by atoms with van der Waals surface area (Å²) in [6.45, 7) is 1.36. The topological polar surface area (TPSA) is 64.8 Å². The first-order chi connectivity index (χ1) is 8.04. The Labute approximate surface area is 101 Å². The van der Waals surface area contributed by atoms with Crippen LogP contribution in [0.4, 0.5) is 5.69 Å².